The Morgan fingerprint density at radius 3 is 2.45 bits per heavy atom. The number of nitrogens with zero attached hydrogens (tertiary/aromatic N) is 2. The highest BCUT2D eigenvalue weighted by Gasteiger charge is 2.34. The van der Waals surface area contributed by atoms with E-state index in [0.717, 1.165) is 5.56 Å². The van der Waals surface area contributed by atoms with E-state index in [-0.39, 0.29) is 11.7 Å². The molecule has 0 spiro atoms. The molecule has 0 aromatic heterocycles. The number of carbonyl (C=O) groups is 1. The summed E-state index contributed by atoms with van der Waals surface area (Å²) in [5.41, 5.74) is 2.11. The van der Waals surface area contributed by atoms with Crippen LogP contribution in [-0.4, -0.2) is 24.3 Å². The van der Waals surface area contributed by atoms with Gasteiger partial charge in [0.1, 0.15) is 19.0 Å². The lowest BCUT2D eigenvalue weighted by Crippen LogP contribution is -2.28. The van der Waals surface area contributed by atoms with Gasteiger partial charge < -0.3 is 9.47 Å². The first kappa shape index (κ1) is 19.4. The van der Waals surface area contributed by atoms with Crippen LogP contribution in [0.5, 0.6) is 11.5 Å². The van der Waals surface area contributed by atoms with E-state index < -0.39 is 0 Å². The number of hydrogen-bond acceptors (Lipinski definition) is 5. The van der Waals surface area contributed by atoms with Crippen molar-refractivity contribution in [2.24, 2.45) is 4.99 Å². The standard InChI is InChI=1S/C24H17FN2O3S/c25-17-7-9-18(10-8-17)26-24-27(19-4-2-1-3-5-19)23(28)22(31-24)15-16-6-11-20-21(14-16)30-13-12-29-20/h1-11,14-15H,12-13H2/b22-15-,26-24?. The van der Waals surface area contributed by atoms with Gasteiger partial charge in [-0.15, -0.1) is 0 Å². The van der Waals surface area contributed by atoms with Crippen molar-refractivity contribution in [2.75, 3.05) is 18.1 Å². The molecule has 0 aliphatic carbocycles. The molecule has 2 heterocycles. The average Bonchev–Trinajstić information content (AvgIpc) is 3.10. The highest BCUT2D eigenvalue weighted by atomic mass is 32.2. The summed E-state index contributed by atoms with van der Waals surface area (Å²) in [7, 11) is 0. The highest BCUT2D eigenvalue weighted by Crippen LogP contribution is 2.38. The molecule has 1 amide bonds. The van der Waals surface area contributed by atoms with Crippen LogP contribution in [0.1, 0.15) is 5.56 Å². The van der Waals surface area contributed by atoms with Gasteiger partial charge in [0.05, 0.1) is 16.3 Å². The Labute approximate surface area is 182 Å². The minimum atomic E-state index is -0.335. The van der Waals surface area contributed by atoms with Crippen molar-refractivity contribution in [2.45, 2.75) is 0 Å². The molecule has 3 aromatic rings. The quantitative estimate of drug-likeness (QED) is 0.520. The molecule has 0 bridgehead atoms. The van der Waals surface area contributed by atoms with Crippen molar-refractivity contribution < 1.29 is 18.7 Å². The average molecular weight is 432 g/mol. The Balaban J connectivity index is 1.53. The van der Waals surface area contributed by atoms with E-state index in [9.17, 15) is 9.18 Å². The largest absolute Gasteiger partial charge is 0.486 e. The molecule has 5 nitrogen and oxygen atoms in total. The zero-order valence-corrected chi connectivity index (χ0v) is 17.1. The van der Waals surface area contributed by atoms with Gasteiger partial charge in [-0.3, -0.25) is 9.69 Å². The van der Waals surface area contributed by atoms with Crippen molar-refractivity contribution >= 4 is 40.3 Å². The molecule has 0 unspecified atom stereocenters. The van der Waals surface area contributed by atoms with Crippen LogP contribution in [0.15, 0.2) is 82.7 Å². The molecule has 2 aliphatic heterocycles. The van der Waals surface area contributed by atoms with E-state index in [2.05, 4.69) is 4.99 Å². The molecular weight excluding hydrogens is 415 g/mol. The van der Waals surface area contributed by atoms with Gasteiger partial charge in [0.2, 0.25) is 0 Å². The molecule has 5 rings (SSSR count). The van der Waals surface area contributed by atoms with Crippen LogP contribution < -0.4 is 14.4 Å². The molecule has 2 aliphatic rings. The second-order valence-electron chi connectivity index (χ2n) is 6.86. The van der Waals surface area contributed by atoms with E-state index in [4.69, 9.17) is 9.47 Å². The zero-order chi connectivity index (χ0) is 21.2. The molecule has 7 heteroatoms. The lowest BCUT2D eigenvalue weighted by molar-refractivity contribution is -0.113. The van der Waals surface area contributed by atoms with Gasteiger partial charge in [0.15, 0.2) is 16.7 Å². The number of para-hydroxylation sites is 1. The maximum Gasteiger partial charge on any atom is 0.271 e. The summed E-state index contributed by atoms with van der Waals surface area (Å²) < 4.78 is 24.5. The van der Waals surface area contributed by atoms with Crippen LogP contribution in [0.3, 0.4) is 0 Å². The number of thioether (sulfide) groups is 1. The van der Waals surface area contributed by atoms with Crippen LogP contribution in [0.4, 0.5) is 15.8 Å². The van der Waals surface area contributed by atoms with Gasteiger partial charge in [0.25, 0.3) is 5.91 Å². The first-order valence-corrected chi connectivity index (χ1v) is 10.5. The Hall–Kier alpha value is -3.58. The molecule has 0 N–H and O–H groups in total. The van der Waals surface area contributed by atoms with E-state index in [1.807, 2.05) is 54.6 Å². The maximum atomic E-state index is 13.3. The van der Waals surface area contributed by atoms with Gasteiger partial charge in [0, 0.05) is 0 Å². The van der Waals surface area contributed by atoms with E-state index in [1.165, 1.54) is 23.9 Å². The number of hydrogen-bond donors (Lipinski definition) is 0. The Kier molecular flexibility index (Phi) is 5.18. The minimum Gasteiger partial charge on any atom is -0.486 e. The summed E-state index contributed by atoms with van der Waals surface area (Å²) in [5.74, 6) is 0.851. The number of rotatable bonds is 3. The topological polar surface area (TPSA) is 51.1 Å². The first-order chi connectivity index (χ1) is 15.2. The molecular formula is C24H17FN2O3S. The Morgan fingerprint density at radius 2 is 1.68 bits per heavy atom. The smallest absolute Gasteiger partial charge is 0.271 e. The zero-order valence-electron chi connectivity index (χ0n) is 16.3. The van der Waals surface area contributed by atoms with Gasteiger partial charge in [-0.05, 0) is 71.9 Å². The fourth-order valence-electron chi connectivity index (χ4n) is 3.28. The van der Waals surface area contributed by atoms with Gasteiger partial charge >= 0.3 is 0 Å². The van der Waals surface area contributed by atoms with Crippen LogP contribution in [-0.2, 0) is 4.79 Å². The third-order valence-corrected chi connectivity index (χ3v) is 5.70. The predicted molar refractivity (Wildman–Crippen MR) is 120 cm³/mol. The van der Waals surface area contributed by atoms with Crippen LogP contribution >= 0.6 is 11.8 Å². The monoisotopic (exact) mass is 432 g/mol. The Bertz CT molecular complexity index is 1190. The predicted octanol–water partition coefficient (Wildman–Crippen LogP) is 5.41. The number of carbonyl (C=O) groups excluding carboxylic acids is 1. The normalized spacial score (nSPS) is 18.1. The third-order valence-electron chi connectivity index (χ3n) is 4.74. The highest BCUT2D eigenvalue weighted by molar-refractivity contribution is 8.19. The van der Waals surface area contributed by atoms with Crippen molar-refractivity contribution in [3.8, 4) is 11.5 Å². The number of benzene rings is 3. The van der Waals surface area contributed by atoms with Crippen molar-refractivity contribution in [1.82, 2.24) is 0 Å². The lowest BCUT2D eigenvalue weighted by atomic mass is 10.1. The maximum absolute atomic E-state index is 13.3. The van der Waals surface area contributed by atoms with Gasteiger partial charge in [-0.25, -0.2) is 9.38 Å². The minimum absolute atomic E-state index is 0.174. The summed E-state index contributed by atoms with van der Waals surface area (Å²) >= 11 is 1.27. The fraction of sp³-hybridized carbons (Fsp3) is 0.0833. The molecule has 1 fully saturated rings. The number of ether oxygens (including phenoxy) is 2. The van der Waals surface area contributed by atoms with E-state index in [1.54, 1.807) is 17.0 Å². The van der Waals surface area contributed by atoms with E-state index >= 15 is 0 Å². The summed E-state index contributed by atoms with van der Waals surface area (Å²) in [6, 6.07) is 20.8. The summed E-state index contributed by atoms with van der Waals surface area (Å²) in [4.78, 5) is 20.0. The molecule has 154 valence electrons. The number of halogens is 1. The second kappa shape index (κ2) is 8.28. The van der Waals surface area contributed by atoms with Gasteiger partial charge in [-0.2, -0.15) is 0 Å². The van der Waals surface area contributed by atoms with E-state index in [0.29, 0.717) is 46.2 Å². The first-order valence-electron chi connectivity index (χ1n) is 9.70. The molecule has 0 radical (unpaired) electrons. The lowest BCUT2D eigenvalue weighted by Gasteiger charge is -2.18. The molecule has 0 saturated carbocycles. The molecule has 0 atom stereocenters. The molecule has 1 saturated heterocycles. The number of amides is 1. The van der Waals surface area contributed by atoms with Gasteiger partial charge in [-0.1, -0.05) is 24.3 Å². The number of fused-ring (bicyclic) bond motifs is 1. The second-order valence-corrected chi connectivity index (χ2v) is 7.87. The van der Waals surface area contributed by atoms with Crippen LogP contribution in [0.2, 0.25) is 0 Å². The number of anilines is 1. The van der Waals surface area contributed by atoms with Crippen molar-refractivity contribution in [3.63, 3.8) is 0 Å². The van der Waals surface area contributed by atoms with Crippen molar-refractivity contribution in [1.29, 1.82) is 0 Å². The fourth-order valence-corrected chi connectivity index (χ4v) is 4.28. The Morgan fingerprint density at radius 1 is 0.935 bits per heavy atom. The third kappa shape index (κ3) is 4.04. The number of amidine groups is 1. The SMILES string of the molecule is O=C1/C(=C/c2ccc3c(c2)OCCO3)SC(=Nc2ccc(F)cc2)N1c1ccccc1. The summed E-state index contributed by atoms with van der Waals surface area (Å²) in [6.45, 7) is 1.02. The van der Waals surface area contributed by atoms with Crippen LogP contribution in [0.25, 0.3) is 6.08 Å². The summed E-state index contributed by atoms with van der Waals surface area (Å²) in [5, 5.41) is 0.506. The molecule has 3 aromatic carbocycles. The number of aliphatic imine (C=N–C) groups is 1. The molecule has 31 heavy (non-hydrogen) atoms. The van der Waals surface area contributed by atoms with Crippen molar-refractivity contribution in [3.05, 3.63) is 89.1 Å². The summed E-state index contributed by atoms with van der Waals surface area (Å²) in [6.07, 6.45) is 1.81. The van der Waals surface area contributed by atoms with Crippen LogP contribution in [0, 0.1) is 5.82 Å².